The number of amides is 1. The average molecular weight is 373 g/mol. The molecule has 26 heavy (non-hydrogen) atoms. The first-order chi connectivity index (χ1) is 12.3. The molecule has 0 aliphatic carbocycles. The number of nitriles is 1. The Kier molecular flexibility index (Phi) is 5.97. The van der Waals surface area contributed by atoms with Crippen molar-refractivity contribution in [2.45, 2.75) is 17.9 Å². The lowest BCUT2D eigenvalue weighted by molar-refractivity contribution is -0.122. The molecule has 1 atom stereocenters. The summed E-state index contributed by atoms with van der Waals surface area (Å²) >= 11 is 0. The Bertz CT molecular complexity index is 949. The van der Waals surface area contributed by atoms with Gasteiger partial charge < -0.3 is 10.1 Å². The second-order valence-corrected chi connectivity index (χ2v) is 7.79. The van der Waals surface area contributed by atoms with Gasteiger partial charge in [-0.2, -0.15) is 5.26 Å². The number of hydrogen-bond donors (Lipinski definition) is 1. The van der Waals surface area contributed by atoms with E-state index in [9.17, 15) is 13.2 Å². The monoisotopic (exact) mass is 373 g/mol. The number of rotatable bonds is 6. The predicted molar refractivity (Wildman–Crippen MR) is 97.2 cm³/mol. The highest BCUT2D eigenvalue weighted by molar-refractivity contribution is 7.89. The molecule has 0 aliphatic rings. The number of benzene rings is 2. The van der Waals surface area contributed by atoms with E-state index >= 15 is 0 Å². The molecule has 1 N–H and O–H groups in total. The molecule has 2 aromatic carbocycles. The zero-order valence-corrected chi connectivity index (χ0v) is 15.4. The van der Waals surface area contributed by atoms with Crippen molar-refractivity contribution < 1.29 is 17.9 Å². The van der Waals surface area contributed by atoms with Gasteiger partial charge in [-0.3, -0.25) is 4.79 Å². The van der Waals surface area contributed by atoms with Gasteiger partial charge in [0.2, 0.25) is 10.0 Å². The summed E-state index contributed by atoms with van der Waals surface area (Å²) < 4.78 is 31.4. The van der Waals surface area contributed by atoms with E-state index in [0.29, 0.717) is 11.3 Å². The van der Waals surface area contributed by atoms with Crippen molar-refractivity contribution in [2.24, 2.45) is 0 Å². The topological polar surface area (TPSA) is 99.5 Å². The van der Waals surface area contributed by atoms with Crippen LogP contribution >= 0.6 is 0 Å². The van der Waals surface area contributed by atoms with Crippen LogP contribution in [0.1, 0.15) is 12.5 Å². The lowest BCUT2D eigenvalue weighted by Gasteiger charge is -2.18. The molecule has 0 saturated carbocycles. The molecule has 0 fully saturated rings. The van der Waals surface area contributed by atoms with Crippen LogP contribution in [0.5, 0.6) is 5.75 Å². The maximum absolute atomic E-state index is 12.4. The smallest absolute Gasteiger partial charge is 0.265 e. The summed E-state index contributed by atoms with van der Waals surface area (Å²) in [5.41, 5.74) is 0.588. The molecular formula is C18H19N3O4S. The minimum atomic E-state index is -3.71. The highest BCUT2D eigenvalue weighted by Gasteiger charge is 2.23. The zero-order chi connectivity index (χ0) is 19.3. The van der Waals surface area contributed by atoms with Gasteiger partial charge in [-0.25, -0.2) is 12.7 Å². The number of ether oxygens (including phenoxy) is 1. The van der Waals surface area contributed by atoms with Gasteiger partial charge in [0, 0.05) is 14.1 Å². The third-order valence-electron chi connectivity index (χ3n) is 3.55. The summed E-state index contributed by atoms with van der Waals surface area (Å²) in [7, 11) is -0.868. The van der Waals surface area contributed by atoms with Crippen LogP contribution in [-0.2, 0) is 14.8 Å². The predicted octanol–water partition coefficient (Wildman–Crippen LogP) is 2.21. The molecule has 0 saturated heterocycles. The fourth-order valence-corrected chi connectivity index (χ4v) is 3.16. The molecule has 2 rings (SSSR count). The standard InChI is InChI=1S/C18H19N3O4S/c1-13(25-15-8-6-7-14(11-15)12-19)18(22)20-16-9-4-5-10-17(16)26(23,24)21(2)3/h4-11,13H,1-3H3,(H,20,22). The molecule has 0 bridgehead atoms. The molecule has 0 radical (unpaired) electrons. The Morgan fingerprint density at radius 1 is 1.19 bits per heavy atom. The van der Waals surface area contributed by atoms with Crippen LogP contribution in [0.15, 0.2) is 53.4 Å². The Labute approximate surface area is 152 Å². The van der Waals surface area contributed by atoms with Crippen molar-refractivity contribution in [1.82, 2.24) is 4.31 Å². The molecule has 1 unspecified atom stereocenters. The van der Waals surface area contributed by atoms with E-state index in [1.807, 2.05) is 6.07 Å². The Morgan fingerprint density at radius 2 is 1.88 bits per heavy atom. The second-order valence-electron chi connectivity index (χ2n) is 5.67. The first kappa shape index (κ1) is 19.4. The second kappa shape index (κ2) is 7.99. The lowest BCUT2D eigenvalue weighted by Crippen LogP contribution is -2.31. The maximum atomic E-state index is 12.4. The third kappa shape index (κ3) is 4.39. The third-order valence-corrected chi connectivity index (χ3v) is 5.42. The van der Waals surface area contributed by atoms with Crippen LogP contribution < -0.4 is 10.1 Å². The number of carbonyl (C=O) groups is 1. The summed E-state index contributed by atoms with van der Waals surface area (Å²) in [4.78, 5) is 12.4. The van der Waals surface area contributed by atoms with E-state index in [4.69, 9.17) is 10.00 Å². The minimum Gasteiger partial charge on any atom is -0.481 e. The van der Waals surface area contributed by atoms with Crippen LogP contribution in [0.25, 0.3) is 0 Å². The van der Waals surface area contributed by atoms with Crippen molar-refractivity contribution in [2.75, 3.05) is 19.4 Å². The number of hydrogen-bond acceptors (Lipinski definition) is 5. The molecular weight excluding hydrogens is 354 g/mol. The van der Waals surface area contributed by atoms with Crippen LogP contribution in [-0.4, -0.2) is 38.8 Å². The van der Waals surface area contributed by atoms with E-state index in [2.05, 4.69) is 5.32 Å². The normalized spacial score (nSPS) is 12.3. The van der Waals surface area contributed by atoms with Gasteiger partial charge >= 0.3 is 0 Å². The minimum absolute atomic E-state index is 0.00275. The van der Waals surface area contributed by atoms with Gasteiger partial charge in [-0.1, -0.05) is 18.2 Å². The first-order valence-corrected chi connectivity index (χ1v) is 9.19. The largest absolute Gasteiger partial charge is 0.481 e. The van der Waals surface area contributed by atoms with E-state index in [-0.39, 0.29) is 10.6 Å². The molecule has 8 heteroatoms. The van der Waals surface area contributed by atoms with Gasteiger partial charge in [0.15, 0.2) is 6.10 Å². The van der Waals surface area contributed by atoms with Gasteiger partial charge in [0.1, 0.15) is 10.6 Å². The van der Waals surface area contributed by atoms with Gasteiger partial charge in [0.05, 0.1) is 17.3 Å². The Balaban J connectivity index is 2.19. The van der Waals surface area contributed by atoms with Gasteiger partial charge in [-0.15, -0.1) is 0 Å². The van der Waals surface area contributed by atoms with Crippen molar-refractivity contribution in [3.05, 3.63) is 54.1 Å². The summed E-state index contributed by atoms with van der Waals surface area (Å²) in [6.45, 7) is 1.54. The van der Waals surface area contributed by atoms with Crippen molar-refractivity contribution in [3.8, 4) is 11.8 Å². The highest BCUT2D eigenvalue weighted by atomic mass is 32.2. The molecule has 0 heterocycles. The van der Waals surface area contributed by atoms with Crippen molar-refractivity contribution in [3.63, 3.8) is 0 Å². The van der Waals surface area contributed by atoms with Crippen molar-refractivity contribution in [1.29, 1.82) is 5.26 Å². The average Bonchev–Trinajstić information content (AvgIpc) is 2.62. The molecule has 2 aromatic rings. The number of nitrogens with one attached hydrogen (secondary N) is 1. The molecule has 1 amide bonds. The zero-order valence-electron chi connectivity index (χ0n) is 14.6. The summed E-state index contributed by atoms with van der Waals surface area (Å²) in [5, 5.41) is 11.5. The number of sulfonamides is 1. The fraction of sp³-hybridized carbons (Fsp3) is 0.222. The van der Waals surface area contributed by atoms with Crippen LogP contribution in [0.2, 0.25) is 0 Å². The molecule has 136 valence electrons. The Morgan fingerprint density at radius 3 is 2.54 bits per heavy atom. The van der Waals surface area contributed by atoms with Gasteiger partial charge in [-0.05, 0) is 37.3 Å². The van der Waals surface area contributed by atoms with E-state index in [1.54, 1.807) is 30.3 Å². The Hall–Kier alpha value is -2.89. The van der Waals surface area contributed by atoms with E-state index in [1.165, 1.54) is 39.2 Å². The quantitative estimate of drug-likeness (QED) is 0.837. The number of para-hydroxylation sites is 1. The van der Waals surface area contributed by atoms with E-state index < -0.39 is 22.0 Å². The molecule has 0 aromatic heterocycles. The maximum Gasteiger partial charge on any atom is 0.265 e. The van der Waals surface area contributed by atoms with Crippen LogP contribution in [0, 0.1) is 11.3 Å². The number of nitrogens with zero attached hydrogens (tertiary/aromatic N) is 2. The number of carbonyl (C=O) groups excluding carboxylic acids is 1. The molecule has 0 aliphatic heterocycles. The highest BCUT2D eigenvalue weighted by Crippen LogP contribution is 2.23. The first-order valence-electron chi connectivity index (χ1n) is 7.75. The summed E-state index contributed by atoms with van der Waals surface area (Å²) in [5.74, 6) is -0.130. The fourth-order valence-electron chi connectivity index (χ4n) is 2.12. The van der Waals surface area contributed by atoms with Crippen LogP contribution in [0.4, 0.5) is 5.69 Å². The summed E-state index contributed by atoms with van der Waals surface area (Å²) in [6, 6.07) is 14.6. The lowest BCUT2D eigenvalue weighted by atomic mass is 10.2. The molecule has 7 nitrogen and oxygen atoms in total. The van der Waals surface area contributed by atoms with Gasteiger partial charge in [0.25, 0.3) is 5.91 Å². The van der Waals surface area contributed by atoms with Crippen molar-refractivity contribution >= 4 is 21.6 Å². The SMILES string of the molecule is CC(Oc1cccc(C#N)c1)C(=O)Nc1ccccc1S(=O)(=O)N(C)C. The molecule has 0 spiro atoms. The summed E-state index contributed by atoms with van der Waals surface area (Å²) in [6.07, 6.45) is -0.890. The van der Waals surface area contributed by atoms with Crippen LogP contribution in [0.3, 0.4) is 0 Å². The number of anilines is 1. The van der Waals surface area contributed by atoms with E-state index in [0.717, 1.165) is 4.31 Å².